The molecule has 1 aromatic heterocycles. The van der Waals surface area contributed by atoms with Crippen molar-refractivity contribution in [2.24, 2.45) is 0 Å². The monoisotopic (exact) mass is 380 g/mol. The second kappa shape index (κ2) is 7.80. The molecule has 6 nitrogen and oxygen atoms in total. The number of aromatic nitrogens is 2. The number of carbonyl (C=O) groups excluding carboxylic acids is 1. The van der Waals surface area contributed by atoms with Gasteiger partial charge < -0.3 is 15.2 Å². The quantitative estimate of drug-likeness (QED) is 0.668. The number of amides is 2. The fourth-order valence-electron chi connectivity index (χ4n) is 2.97. The number of benzene rings is 2. The lowest BCUT2D eigenvalue weighted by atomic mass is 10.1. The van der Waals surface area contributed by atoms with Crippen LogP contribution in [-0.2, 0) is 6.54 Å². The van der Waals surface area contributed by atoms with E-state index in [0.29, 0.717) is 12.1 Å². The molecule has 0 spiro atoms. The third kappa shape index (κ3) is 4.36. The largest absolute Gasteiger partial charge is 0.337 e. The van der Waals surface area contributed by atoms with Gasteiger partial charge >= 0.3 is 6.03 Å². The van der Waals surface area contributed by atoms with E-state index in [-0.39, 0.29) is 23.6 Å². The van der Waals surface area contributed by atoms with Crippen LogP contribution in [0.4, 0.5) is 9.18 Å². The van der Waals surface area contributed by atoms with Crippen molar-refractivity contribution in [3.8, 4) is 11.4 Å². The Labute approximate surface area is 162 Å². The summed E-state index contributed by atoms with van der Waals surface area (Å²) in [6, 6.07) is 13.5. The molecule has 28 heavy (non-hydrogen) atoms. The van der Waals surface area contributed by atoms with Crippen LogP contribution in [0.5, 0.6) is 0 Å². The number of rotatable bonds is 6. The molecule has 4 rings (SSSR count). The number of nitrogens with one attached hydrogen (secondary N) is 2. The van der Waals surface area contributed by atoms with Gasteiger partial charge in [0.2, 0.25) is 11.7 Å². The summed E-state index contributed by atoms with van der Waals surface area (Å²) in [5.41, 5.74) is 2.92. The molecule has 0 aliphatic heterocycles. The number of halogens is 1. The van der Waals surface area contributed by atoms with Crippen LogP contribution in [0.25, 0.3) is 11.4 Å². The molecule has 1 fully saturated rings. The zero-order valence-corrected chi connectivity index (χ0v) is 15.5. The van der Waals surface area contributed by atoms with Gasteiger partial charge in [0.15, 0.2) is 0 Å². The number of hydrogen-bond donors (Lipinski definition) is 2. The number of urea groups is 1. The normalized spacial score (nSPS) is 14.5. The van der Waals surface area contributed by atoms with Crippen molar-refractivity contribution in [2.45, 2.75) is 38.3 Å². The van der Waals surface area contributed by atoms with Gasteiger partial charge in [0, 0.05) is 12.1 Å². The molecular weight excluding hydrogens is 359 g/mol. The van der Waals surface area contributed by atoms with Crippen LogP contribution >= 0.6 is 0 Å². The second-order valence-electron chi connectivity index (χ2n) is 7.03. The van der Waals surface area contributed by atoms with Crippen LogP contribution in [0.1, 0.15) is 48.7 Å². The molecule has 1 heterocycles. The predicted octanol–water partition coefficient (Wildman–Crippen LogP) is 4.31. The topological polar surface area (TPSA) is 80.0 Å². The number of hydrogen-bond acceptors (Lipinski definition) is 4. The van der Waals surface area contributed by atoms with Crippen molar-refractivity contribution < 1.29 is 13.7 Å². The highest BCUT2D eigenvalue weighted by Crippen LogP contribution is 2.39. The minimum Gasteiger partial charge on any atom is -0.337 e. The van der Waals surface area contributed by atoms with Crippen molar-refractivity contribution in [3.05, 3.63) is 71.4 Å². The van der Waals surface area contributed by atoms with Gasteiger partial charge in [-0.25, -0.2) is 9.18 Å². The molecule has 0 radical (unpaired) electrons. The van der Waals surface area contributed by atoms with E-state index in [0.717, 1.165) is 11.5 Å². The van der Waals surface area contributed by atoms with Gasteiger partial charge in [0.25, 0.3) is 0 Å². The van der Waals surface area contributed by atoms with Gasteiger partial charge in [0.1, 0.15) is 11.9 Å². The Hall–Kier alpha value is -3.22. The summed E-state index contributed by atoms with van der Waals surface area (Å²) in [6.45, 7) is 2.18. The lowest BCUT2D eigenvalue weighted by Crippen LogP contribution is -2.36. The van der Waals surface area contributed by atoms with Crippen molar-refractivity contribution in [1.29, 1.82) is 0 Å². The summed E-state index contributed by atoms with van der Waals surface area (Å²) in [7, 11) is 0. The Morgan fingerprint density at radius 2 is 2.04 bits per heavy atom. The van der Waals surface area contributed by atoms with E-state index in [2.05, 4.69) is 32.9 Å². The van der Waals surface area contributed by atoms with E-state index in [4.69, 9.17) is 4.52 Å². The molecule has 2 aromatic carbocycles. The summed E-state index contributed by atoms with van der Waals surface area (Å²) in [4.78, 5) is 16.4. The molecule has 2 N–H and O–H groups in total. The van der Waals surface area contributed by atoms with Crippen LogP contribution in [0, 0.1) is 5.82 Å². The van der Waals surface area contributed by atoms with E-state index in [1.165, 1.54) is 30.5 Å². The van der Waals surface area contributed by atoms with E-state index in [9.17, 15) is 9.18 Å². The van der Waals surface area contributed by atoms with E-state index < -0.39 is 6.04 Å². The molecule has 3 aromatic rings. The molecule has 1 aliphatic carbocycles. The Kier molecular flexibility index (Phi) is 5.06. The molecule has 0 bridgehead atoms. The minimum atomic E-state index is -0.480. The Bertz CT molecular complexity index is 967. The Morgan fingerprint density at radius 3 is 2.75 bits per heavy atom. The molecule has 1 saturated carbocycles. The van der Waals surface area contributed by atoms with Gasteiger partial charge in [-0.05, 0) is 48.9 Å². The lowest BCUT2D eigenvalue weighted by Gasteiger charge is -2.11. The summed E-state index contributed by atoms with van der Waals surface area (Å²) < 4.78 is 18.5. The van der Waals surface area contributed by atoms with Crippen LogP contribution in [0.15, 0.2) is 53.1 Å². The first kappa shape index (κ1) is 18.2. The van der Waals surface area contributed by atoms with Crippen LogP contribution in [0.3, 0.4) is 0 Å². The summed E-state index contributed by atoms with van der Waals surface area (Å²) >= 11 is 0. The summed E-state index contributed by atoms with van der Waals surface area (Å²) in [5.74, 6) is 0.875. The molecule has 1 atom stereocenters. The van der Waals surface area contributed by atoms with Crippen LogP contribution < -0.4 is 10.6 Å². The van der Waals surface area contributed by atoms with Crippen molar-refractivity contribution >= 4 is 6.03 Å². The predicted molar refractivity (Wildman–Crippen MR) is 102 cm³/mol. The van der Waals surface area contributed by atoms with Gasteiger partial charge in [-0.2, -0.15) is 4.98 Å². The van der Waals surface area contributed by atoms with Gasteiger partial charge in [-0.3, -0.25) is 0 Å². The van der Waals surface area contributed by atoms with Gasteiger partial charge in [-0.15, -0.1) is 0 Å². The molecule has 7 heteroatoms. The molecular formula is C21H21FN4O2. The average Bonchev–Trinajstić information content (AvgIpc) is 3.42. The van der Waals surface area contributed by atoms with Gasteiger partial charge in [0.05, 0.1) is 0 Å². The summed E-state index contributed by atoms with van der Waals surface area (Å²) in [6.07, 6.45) is 2.54. The standard InChI is InChI=1S/C21H21FN4O2/c1-13(20-25-19(26-28-20)17-3-2-4-18(22)11-17)24-21(27)23-12-14-5-7-15(8-6-14)16-9-10-16/h2-8,11,13,16H,9-10,12H2,1H3,(H2,23,24,27)/t13-/m1/s1. The van der Waals surface area contributed by atoms with E-state index in [1.54, 1.807) is 19.1 Å². The smallest absolute Gasteiger partial charge is 0.315 e. The van der Waals surface area contributed by atoms with E-state index in [1.807, 2.05) is 12.1 Å². The number of nitrogens with zero attached hydrogens (tertiary/aromatic N) is 2. The number of carbonyl (C=O) groups is 1. The SMILES string of the molecule is C[C@@H](NC(=O)NCc1ccc(C2CC2)cc1)c1nc(-c2cccc(F)c2)no1. The highest BCUT2D eigenvalue weighted by Gasteiger charge is 2.23. The second-order valence-corrected chi connectivity index (χ2v) is 7.03. The van der Waals surface area contributed by atoms with Crippen LogP contribution in [-0.4, -0.2) is 16.2 Å². The Balaban J connectivity index is 1.30. The molecule has 2 amide bonds. The fraction of sp³-hybridized carbons (Fsp3) is 0.286. The third-order valence-corrected chi connectivity index (χ3v) is 4.72. The van der Waals surface area contributed by atoms with Crippen molar-refractivity contribution in [1.82, 2.24) is 20.8 Å². The molecule has 144 valence electrons. The van der Waals surface area contributed by atoms with Crippen LogP contribution in [0.2, 0.25) is 0 Å². The fourth-order valence-corrected chi connectivity index (χ4v) is 2.97. The minimum absolute atomic E-state index is 0.253. The molecule has 1 aliphatic rings. The lowest BCUT2D eigenvalue weighted by molar-refractivity contribution is 0.233. The van der Waals surface area contributed by atoms with E-state index >= 15 is 0 Å². The third-order valence-electron chi connectivity index (χ3n) is 4.72. The maximum absolute atomic E-state index is 13.3. The zero-order valence-electron chi connectivity index (χ0n) is 15.5. The maximum atomic E-state index is 13.3. The van der Waals surface area contributed by atoms with Crippen molar-refractivity contribution in [2.75, 3.05) is 0 Å². The molecule has 0 saturated heterocycles. The first-order valence-corrected chi connectivity index (χ1v) is 9.31. The first-order valence-electron chi connectivity index (χ1n) is 9.31. The highest BCUT2D eigenvalue weighted by molar-refractivity contribution is 5.74. The zero-order chi connectivity index (χ0) is 19.5. The average molecular weight is 380 g/mol. The van der Waals surface area contributed by atoms with Gasteiger partial charge in [-0.1, -0.05) is 41.6 Å². The first-order chi connectivity index (χ1) is 13.6. The maximum Gasteiger partial charge on any atom is 0.315 e. The summed E-state index contributed by atoms with van der Waals surface area (Å²) in [5, 5.41) is 9.43. The Morgan fingerprint density at radius 1 is 1.25 bits per heavy atom. The molecule has 0 unspecified atom stereocenters. The van der Waals surface area contributed by atoms with Crippen molar-refractivity contribution in [3.63, 3.8) is 0 Å². The highest BCUT2D eigenvalue weighted by atomic mass is 19.1.